The number of halogens is 1. The molecule has 2 N–H and O–H groups in total. The number of pyridine rings is 1. The molecule has 2 fully saturated rings. The Morgan fingerprint density at radius 3 is 2.81 bits per heavy atom. The van der Waals surface area contributed by atoms with Crippen LogP contribution in [0.3, 0.4) is 0 Å². The summed E-state index contributed by atoms with van der Waals surface area (Å²) in [6, 6.07) is 11.3. The average molecular weight is 505 g/mol. The van der Waals surface area contributed by atoms with Crippen molar-refractivity contribution in [1.82, 2.24) is 25.6 Å². The van der Waals surface area contributed by atoms with Gasteiger partial charge in [-0.3, -0.25) is 19.9 Å². The lowest BCUT2D eigenvalue weighted by Gasteiger charge is -2.32. The Hall–Kier alpha value is -3.63. The Morgan fingerprint density at radius 1 is 1.17 bits per heavy atom. The summed E-state index contributed by atoms with van der Waals surface area (Å²) in [5.74, 6) is 0.455. The highest BCUT2D eigenvalue weighted by Gasteiger charge is 2.25. The summed E-state index contributed by atoms with van der Waals surface area (Å²) in [5, 5.41) is 5.43. The highest BCUT2D eigenvalue weighted by molar-refractivity contribution is 8.18. The van der Waals surface area contributed by atoms with Gasteiger partial charge in [0.25, 0.3) is 11.1 Å². The molecule has 10 heteroatoms. The molecule has 184 valence electrons. The van der Waals surface area contributed by atoms with Crippen molar-refractivity contribution in [3.05, 3.63) is 77.0 Å². The monoisotopic (exact) mass is 504 g/mol. The molecule has 36 heavy (non-hydrogen) atoms. The van der Waals surface area contributed by atoms with Crippen LogP contribution >= 0.6 is 11.8 Å². The van der Waals surface area contributed by atoms with Gasteiger partial charge in [-0.1, -0.05) is 18.2 Å². The lowest BCUT2D eigenvalue weighted by molar-refractivity contribution is -0.115. The van der Waals surface area contributed by atoms with Gasteiger partial charge >= 0.3 is 0 Å². The standard InChI is InChI=1S/C26H25FN6O2S/c27-22-16-28-8-5-21(22)19-3-1-2-18(12-19)15-29-14-17-6-10-33(11-7-17)25-30-9-4-20(31-25)13-23-24(34)32-26(35)36-23/h1-5,8-9,12-13,16-17,29H,6-7,10-11,14-15H2,(H,32,34,35)/b23-13+. The van der Waals surface area contributed by atoms with E-state index < -0.39 is 5.91 Å². The molecule has 0 radical (unpaired) electrons. The van der Waals surface area contributed by atoms with Crippen LogP contribution in [-0.4, -0.2) is 45.7 Å². The van der Waals surface area contributed by atoms with Crippen molar-refractivity contribution in [3.8, 4) is 11.1 Å². The Morgan fingerprint density at radius 2 is 2.03 bits per heavy atom. The van der Waals surface area contributed by atoms with Crippen molar-refractivity contribution in [3.63, 3.8) is 0 Å². The van der Waals surface area contributed by atoms with E-state index in [0.29, 0.717) is 34.6 Å². The van der Waals surface area contributed by atoms with Gasteiger partial charge in [-0.2, -0.15) is 0 Å². The third kappa shape index (κ3) is 5.77. The fraction of sp³-hybridized carbons (Fsp3) is 0.269. The largest absolute Gasteiger partial charge is 0.341 e. The van der Waals surface area contributed by atoms with Crippen LogP contribution in [0.25, 0.3) is 17.2 Å². The van der Waals surface area contributed by atoms with E-state index in [2.05, 4.69) is 30.5 Å². The van der Waals surface area contributed by atoms with E-state index in [1.54, 1.807) is 30.6 Å². The Kier molecular flexibility index (Phi) is 7.33. The minimum atomic E-state index is -0.394. The van der Waals surface area contributed by atoms with Crippen LogP contribution in [0.5, 0.6) is 0 Å². The lowest BCUT2D eigenvalue weighted by atomic mass is 9.97. The second-order valence-electron chi connectivity index (χ2n) is 8.75. The summed E-state index contributed by atoms with van der Waals surface area (Å²) in [6.07, 6.45) is 8.15. The SMILES string of the molecule is O=C1NC(=O)/C(=C\c2ccnc(N3CCC(CNCc4cccc(-c5ccncc5F)c4)CC3)n2)S1. The van der Waals surface area contributed by atoms with Gasteiger partial charge in [-0.05, 0) is 72.5 Å². The van der Waals surface area contributed by atoms with Crippen LogP contribution in [0.2, 0.25) is 0 Å². The molecule has 2 aromatic heterocycles. The Balaban J connectivity index is 1.12. The van der Waals surface area contributed by atoms with Gasteiger partial charge in [0.1, 0.15) is 5.82 Å². The van der Waals surface area contributed by atoms with E-state index in [1.807, 2.05) is 24.3 Å². The number of aromatic nitrogens is 3. The van der Waals surface area contributed by atoms with Crippen LogP contribution in [0, 0.1) is 11.7 Å². The van der Waals surface area contributed by atoms with Crippen molar-refractivity contribution in [2.45, 2.75) is 19.4 Å². The number of nitrogens with one attached hydrogen (secondary N) is 2. The maximum Gasteiger partial charge on any atom is 0.290 e. The number of thioether (sulfide) groups is 1. The normalized spacial score (nSPS) is 17.6. The highest BCUT2D eigenvalue weighted by Crippen LogP contribution is 2.26. The molecule has 0 spiro atoms. The molecule has 2 aliphatic heterocycles. The molecule has 4 heterocycles. The van der Waals surface area contributed by atoms with Gasteiger partial charge in [0, 0.05) is 37.6 Å². The minimum Gasteiger partial charge on any atom is -0.341 e. The number of carbonyl (C=O) groups excluding carboxylic acids is 2. The van der Waals surface area contributed by atoms with Gasteiger partial charge < -0.3 is 10.2 Å². The number of carbonyl (C=O) groups is 2. The summed E-state index contributed by atoms with van der Waals surface area (Å²) >= 11 is 0.878. The van der Waals surface area contributed by atoms with Gasteiger partial charge in [0.2, 0.25) is 5.95 Å². The quantitative estimate of drug-likeness (QED) is 0.466. The molecule has 0 bridgehead atoms. The molecule has 0 unspecified atom stereocenters. The Bertz CT molecular complexity index is 1310. The molecule has 0 atom stereocenters. The second kappa shape index (κ2) is 11.0. The summed E-state index contributed by atoms with van der Waals surface area (Å²) in [5.41, 5.74) is 3.11. The maximum absolute atomic E-state index is 14.1. The van der Waals surface area contributed by atoms with Crippen LogP contribution in [0.1, 0.15) is 24.1 Å². The summed E-state index contributed by atoms with van der Waals surface area (Å²) in [6.45, 7) is 3.30. The molecule has 8 nitrogen and oxygen atoms in total. The highest BCUT2D eigenvalue weighted by atomic mass is 32.2. The van der Waals surface area contributed by atoms with E-state index in [4.69, 9.17) is 0 Å². The number of imide groups is 1. The fourth-order valence-electron chi connectivity index (χ4n) is 4.37. The van der Waals surface area contributed by atoms with Crippen LogP contribution in [0.15, 0.2) is 59.9 Å². The first-order chi connectivity index (χ1) is 17.5. The van der Waals surface area contributed by atoms with Gasteiger partial charge in [0.05, 0.1) is 16.8 Å². The smallest absolute Gasteiger partial charge is 0.290 e. The van der Waals surface area contributed by atoms with E-state index in [9.17, 15) is 14.0 Å². The average Bonchev–Trinajstić information content (AvgIpc) is 3.21. The zero-order chi connectivity index (χ0) is 24.9. The van der Waals surface area contributed by atoms with Crippen molar-refractivity contribution in [1.29, 1.82) is 0 Å². The zero-order valence-corrected chi connectivity index (χ0v) is 20.3. The molecule has 5 rings (SSSR count). The van der Waals surface area contributed by atoms with Gasteiger partial charge in [-0.25, -0.2) is 14.4 Å². The molecule has 0 saturated carbocycles. The number of amides is 2. The number of hydrogen-bond donors (Lipinski definition) is 2. The predicted octanol–water partition coefficient (Wildman–Crippen LogP) is 4.01. The first-order valence-electron chi connectivity index (χ1n) is 11.8. The van der Waals surface area contributed by atoms with Crippen molar-refractivity contribution >= 4 is 34.9 Å². The maximum atomic E-state index is 14.1. The summed E-state index contributed by atoms with van der Waals surface area (Å²) < 4.78 is 14.1. The third-order valence-electron chi connectivity index (χ3n) is 6.26. The van der Waals surface area contributed by atoms with E-state index >= 15 is 0 Å². The minimum absolute atomic E-state index is 0.321. The zero-order valence-electron chi connectivity index (χ0n) is 19.5. The van der Waals surface area contributed by atoms with Crippen molar-refractivity contribution in [2.75, 3.05) is 24.5 Å². The van der Waals surface area contributed by atoms with Crippen LogP contribution in [-0.2, 0) is 11.3 Å². The molecular formula is C26H25FN6O2S. The molecule has 3 aromatic rings. The van der Waals surface area contributed by atoms with Gasteiger partial charge in [0.15, 0.2) is 0 Å². The first-order valence-corrected chi connectivity index (χ1v) is 12.6. The molecule has 0 aliphatic carbocycles. The van der Waals surface area contributed by atoms with E-state index in [0.717, 1.165) is 55.4 Å². The number of rotatable bonds is 7. The van der Waals surface area contributed by atoms with Crippen LogP contribution in [0.4, 0.5) is 15.1 Å². The summed E-state index contributed by atoms with van der Waals surface area (Å²) in [7, 11) is 0. The predicted molar refractivity (Wildman–Crippen MR) is 137 cm³/mol. The van der Waals surface area contributed by atoms with Crippen molar-refractivity contribution in [2.24, 2.45) is 5.92 Å². The molecule has 2 amide bonds. The van der Waals surface area contributed by atoms with E-state index in [1.165, 1.54) is 6.20 Å². The van der Waals surface area contributed by atoms with E-state index in [-0.39, 0.29) is 11.1 Å². The second-order valence-corrected chi connectivity index (χ2v) is 9.77. The first kappa shape index (κ1) is 24.1. The number of hydrogen-bond acceptors (Lipinski definition) is 8. The topological polar surface area (TPSA) is 100 Å². The number of anilines is 1. The third-order valence-corrected chi connectivity index (χ3v) is 7.07. The number of piperidine rings is 1. The number of nitrogens with zero attached hydrogens (tertiary/aromatic N) is 4. The van der Waals surface area contributed by atoms with Gasteiger partial charge in [-0.15, -0.1) is 0 Å². The summed E-state index contributed by atoms with van der Waals surface area (Å²) in [4.78, 5) is 38.4. The molecular weight excluding hydrogens is 479 g/mol. The molecule has 1 aromatic carbocycles. The van der Waals surface area contributed by atoms with Crippen LogP contribution < -0.4 is 15.5 Å². The Labute approximate surface area is 212 Å². The molecule has 2 saturated heterocycles. The van der Waals surface area contributed by atoms with Crippen molar-refractivity contribution < 1.29 is 14.0 Å². The number of benzene rings is 1. The lowest BCUT2D eigenvalue weighted by Crippen LogP contribution is -2.38. The molecule has 2 aliphatic rings. The fourth-order valence-corrected chi connectivity index (χ4v) is 5.03.